The molecule has 0 aliphatic rings. The molecule has 0 fully saturated rings. The third-order valence-corrected chi connectivity index (χ3v) is 3.29. The number of nitrogens with zero attached hydrogens (tertiary/aromatic N) is 4. The van der Waals surface area contributed by atoms with Gasteiger partial charge in [-0.25, -0.2) is 0 Å². The van der Waals surface area contributed by atoms with Crippen LogP contribution in [0.1, 0.15) is 18.9 Å². The first kappa shape index (κ1) is 15.3. The Morgan fingerprint density at radius 2 is 2.16 bits per heavy atom. The van der Waals surface area contributed by atoms with E-state index < -0.39 is 0 Å². The van der Waals surface area contributed by atoms with Gasteiger partial charge in [-0.15, -0.1) is 0 Å². The molecule has 1 aromatic carbocycles. The molecular formula is C14H22N4O. The van der Waals surface area contributed by atoms with Crippen LogP contribution in [-0.4, -0.2) is 38.2 Å². The highest BCUT2D eigenvalue weighted by atomic mass is 16.5. The fourth-order valence-corrected chi connectivity index (χ4v) is 2.00. The van der Waals surface area contributed by atoms with Crippen LogP contribution in [-0.2, 0) is 6.42 Å². The summed E-state index contributed by atoms with van der Waals surface area (Å²) in [5.74, 6) is 0.942. The van der Waals surface area contributed by atoms with Crippen LogP contribution in [0.3, 0.4) is 0 Å². The highest BCUT2D eigenvalue weighted by molar-refractivity contribution is 5.33. The zero-order valence-electron chi connectivity index (χ0n) is 11.9. The fourth-order valence-electron chi connectivity index (χ4n) is 2.00. The van der Waals surface area contributed by atoms with E-state index in [9.17, 15) is 0 Å². The standard InChI is InChI=1S/C14H22N4O/c1-12(18(2)10-6-9-16-17-15)11-13-7-4-5-8-14(13)19-3/h4-5,7-8,12H,6,9-11H2,1-3H3. The van der Waals surface area contributed by atoms with Crippen LogP contribution in [0.15, 0.2) is 29.4 Å². The number of hydrogen-bond donors (Lipinski definition) is 0. The highest BCUT2D eigenvalue weighted by Gasteiger charge is 2.12. The molecule has 0 N–H and O–H groups in total. The minimum atomic E-state index is 0.419. The molecule has 0 radical (unpaired) electrons. The van der Waals surface area contributed by atoms with Gasteiger partial charge in [0, 0.05) is 17.5 Å². The minimum absolute atomic E-state index is 0.419. The van der Waals surface area contributed by atoms with Gasteiger partial charge < -0.3 is 9.64 Å². The zero-order valence-corrected chi connectivity index (χ0v) is 11.9. The molecule has 0 heterocycles. The summed E-state index contributed by atoms with van der Waals surface area (Å²) >= 11 is 0. The maximum atomic E-state index is 8.22. The number of ether oxygens (including phenoxy) is 1. The van der Waals surface area contributed by atoms with Crippen LogP contribution < -0.4 is 4.74 Å². The van der Waals surface area contributed by atoms with Crippen LogP contribution in [0.4, 0.5) is 0 Å². The van der Waals surface area contributed by atoms with E-state index in [-0.39, 0.29) is 0 Å². The molecule has 1 rings (SSSR count). The summed E-state index contributed by atoms with van der Waals surface area (Å²) in [6.07, 6.45) is 1.83. The zero-order chi connectivity index (χ0) is 14.1. The second-order valence-corrected chi connectivity index (χ2v) is 4.65. The summed E-state index contributed by atoms with van der Waals surface area (Å²) in [4.78, 5) is 5.03. The van der Waals surface area contributed by atoms with Crippen molar-refractivity contribution in [3.8, 4) is 5.75 Å². The van der Waals surface area contributed by atoms with Gasteiger partial charge in [0.05, 0.1) is 7.11 Å². The lowest BCUT2D eigenvalue weighted by Gasteiger charge is -2.25. The molecule has 1 aromatic rings. The van der Waals surface area contributed by atoms with Crippen molar-refractivity contribution in [1.29, 1.82) is 0 Å². The first-order valence-electron chi connectivity index (χ1n) is 6.52. The van der Waals surface area contributed by atoms with Gasteiger partial charge in [-0.1, -0.05) is 23.3 Å². The van der Waals surface area contributed by atoms with E-state index in [0.717, 1.165) is 25.1 Å². The minimum Gasteiger partial charge on any atom is -0.496 e. The van der Waals surface area contributed by atoms with Crippen LogP contribution in [0.5, 0.6) is 5.75 Å². The van der Waals surface area contributed by atoms with E-state index in [0.29, 0.717) is 12.6 Å². The molecule has 0 saturated heterocycles. The fraction of sp³-hybridized carbons (Fsp3) is 0.571. The molecule has 0 aromatic heterocycles. The predicted octanol–water partition coefficient (Wildman–Crippen LogP) is 3.26. The molecule has 1 unspecified atom stereocenters. The molecule has 0 spiro atoms. The average molecular weight is 262 g/mol. The lowest BCUT2D eigenvalue weighted by molar-refractivity contribution is 0.253. The van der Waals surface area contributed by atoms with Crippen LogP contribution >= 0.6 is 0 Å². The summed E-state index contributed by atoms with van der Waals surface area (Å²) < 4.78 is 5.37. The molecule has 19 heavy (non-hydrogen) atoms. The Bertz CT molecular complexity index is 429. The topological polar surface area (TPSA) is 61.2 Å². The summed E-state index contributed by atoms with van der Waals surface area (Å²) in [5, 5.41) is 3.55. The van der Waals surface area contributed by atoms with E-state index >= 15 is 0 Å². The summed E-state index contributed by atoms with van der Waals surface area (Å²) in [6.45, 7) is 3.68. The second-order valence-electron chi connectivity index (χ2n) is 4.65. The lowest BCUT2D eigenvalue weighted by Crippen LogP contribution is -2.32. The Labute approximate surface area is 114 Å². The maximum Gasteiger partial charge on any atom is 0.122 e. The Morgan fingerprint density at radius 1 is 1.42 bits per heavy atom. The smallest absolute Gasteiger partial charge is 0.122 e. The molecule has 0 amide bonds. The van der Waals surface area contributed by atoms with Crippen LogP contribution in [0.2, 0.25) is 0 Å². The van der Waals surface area contributed by atoms with Gasteiger partial charge in [0.1, 0.15) is 5.75 Å². The molecular weight excluding hydrogens is 240 g/mol. The Balaban J connectivity index is 2.48. The van der Waals surface area contributed by atoms with Crippen LogP contribution in [0, 0.1) is 0 Å². The third kappa shape index (κ3) is 5.20. The molecule has 1 atom stereocenters. The number of hydrogen-bond acceptors (Lipinski definition) is 3. The second kappa shape index (κ2) is 8.40. The highest BCUT2D eigenvalue weighted by Crippen LogP contribution is 2.20. The largest absolute Gasteiger partial charge is 0.496 e. The van der Waals surface area contributed by atoms with Crippen molar-refractivity contribution in [3.05, 3.63) is 40.3 Å². The van der Waals surface area contributed by atoms with Gasteiger partial charge in [0.15, 0.2) is 0 Å². The van der Waals surface area contributed by atoms with Gasteiger partial charge in [-0.3, -0.25) is 0 Å². The predicted molar refractivity (Wildman–Crippen MR) is 77.4 cm³/mol. The van der Waals surface area contributed by atoms with Crippen molar-refractivity contribution in [1.82, 2.24) is 4.90 Å². The van der Waals surface area contributed by atoms with E-state index in [1.165, 1.54) is 5.56 Å². The molecule has 0 aliphatic carbocycles. The maximum absolute atomic E-state index is 8.22. The number of azide groups is 1. The van der Waals surface area contributed by atoms with Crippen molar-refractivity contribution in [3.63, 3.8) is 0 Å². The molecule has 0 saturated carbocycles. The Morgan fingerprint density at radius 3 is 2.84 bits per heavy atom. The Hall–Kier alpha value is -1.71. The van der Waals surface area contributed by atoms with E-state index in [1.807, 2.05) is 18.2 Å². The Kier molecular flexibility index (Phi) is 6.79. The molecule has 5 heteroatoms. The number of para-hydroxylation sites is 1. The van der Waals surface area contributed by atoms with Gasteiger partial charge in [-0.05, 0) is 50.5 Å². The molecule has 104 valence electrons. The van der Waals surface area contributed by atoms with Gasteiger partial charge in [-0.2, -0.15) is 0 Å². The quantitative estimate of drug-likeness (QED) is 0.312. The van der Waals surface area contributed by atoms with E-state index in [2.05, 4.69) is 35.0 Å². The van der Waals surface area contributed by atoms with Crippen molar-refractivity contribution >= 4 is 0 Å². The van der Waals surface area contributed by atoms with Gasteiger partial charge in [0.2, 0.25) is 0 Å². The third-order valence-electron chi connectivity index (χ3n) is 3.29. The summed E-state index contributed by atoms with van der Waals surface area (Å²) in [5.41, 5.74) is 9.45. The van der Waals surface area contributed by atoms with Crippen molar-refractivity contribution in [2.45, 2.75) is 25.8 Å². The molecule has 0 aliphatic heterocycles. The lowest BCUT2D eigenvalue weighted by atomic mass is 10.1. The van der Waals surface area contributed by atoms with Gasteiger partial charge in [0.25, 0.3) is 0 Å². The first-order chi connectivity index (χ1) is 9.19. The first-order valence-corrected chi connectivity index (χ1v) is 6.52. The average Bonchev–Trinajstić information content (AvgIpc) is 2.44. The van der Waals surface area contributed by atoms with Gasteiger partial charge >= 0.3 is 0 Å². The van der Waals surface area contributed by atoms with E-state index in [1.54, 1.807) is 7.11 Å². The SMILES string of the molecule is COc1ccccc1CC(C)N(C)CCCN=[N+]=[N-]. The normalized spacial score (nSPS) is 12.0. The monoisotopic (exact) mass is 262 g/mol. The van der Waals surface area contributed by atoms with Crippen molar-refractivity contribution in [2.75, 3.05) is 27.2 Å². The van der Waals surface area contributed by atoms with Crippen molar-refractivity contribution < 1.29 is 4.74 Å². The number of likely N-dealkylation sites (N-methyl/N-ethyl adjacent to an activating group) is 1. The summed E-state index contributed by atoms with van der Waals surface area (Å²) in [6, 6.07) is 8.53. The number of rotatable bonds is 8. The summed E-state index contributed by atoms with van der Waals surface area (Å²) in [7, 11) is 3.79. The number of benzene rings is 1. The molecule has 5 nitrogen and oxygen atoms in total. The van der Waals surface area contributed by atoms with Crippen molar-refractivity contribution in [2.24, 2.45) is 5.11 Å². The van der Waals surface area contributed by atoms with Crippen LogP contribution in [0.25, 0.3) is 10.4 Å². The molecule has 0 bridgehead atoms. The van der Waals surface area contributed by atoms with E-state index in [4.69, 9.17) is 10.3 Å². The number of methoxy groups -OCH3 is 1.